The third kappa shape index (κ3) is 4.84. The lowest BCUT2D eigenvalue weighted by Crippen LogP contribution is -2.15. The van der Waals surface area contributed by atoms with Gasteiger partial charge in [0.15, 0.2) is 0 Å². The molecule has 1 rings (SSSR count). The number of rotatable bonds is 4. The van der Waals surface area contributed by atoms with Gasteiger partial charge in [0.1, 0.15) is 0 Å². The first-order valence-electron chi connectivity index (χ1n) is 6.53. The number of benzene rings is 1. The zero-order chi connectivity index (χ0) is 15.1. The second kappa shape index (κ2) is 7.70. The highest BCUT2D eigenvalue weighted by molar-refractivity contribution is 5.76. The summed E-state index contributed by atoms with van der Waals surface area (Å²) in [5.41, 5.74) is 2.90. The van der Waals surface area contributed by atoms with Crippen LogP contribution >= 0.6 is 0 Å². The molecule has 0 radical (unpaired) electrons. The smallest absolute Gasteiger partial charge is 0.0840 e. The fourth-order valence-corrected chi connectivity index (χ4v) is 1.62. The van der Waals surface area contributed by atoms with Crippen molar-refractivity contribution in [3.63, 3.8) is 0 Å². The van der Waals surface area contributed by atoms with Crippen LogP contribution in [0.4, 0.5) is 0 Å². The van der Waals surface area contributed by atoms with Crippen LogP contribution in [0.2, 0.25) is 0 Å². The van der Waals surface area contributed by atoms with E-state index in [-0.39, 0.29) is 0 Å². The summed E-state index contributed by atoms with van der Waals surface area (Å²) in [6.07, 6.45) is 1.77. The van der Waals surface area contributed by atoms with Gasteiger partial charge in [-0.25, -0.2) is 0 Å². The molecule has 0 aliphatic heterocycles. The number of aliphatic imine (C=N–C) groups is 1. The van der Waals surface area contributed by atoms with E-state index in [1.165, 1.54) is 0 Å². The van der Waals surface area contributed by atoms with Gasteiger partial charge in [0.2, 0.25) is 0 Å². The predicted octanol–water partition coefficient (Wildman–Crippen LogP) is 4.56. The van der Waals surface area contributed by atoms with E-state index in [0.717, 1.165) is 22.4 Å². The van der Waals surface area contributed by atoms with E-state index in [1.54, 1.807) is 19.9 Å². The monoisotopic (exact) mass is 259 g/mol. The van der Waals surface area contributed by atoms with Crippen LogP contribution in [0.25, 0.3) is 5.57 Å². The largest absolute Gasteiger partial charge is 0.386 e. The van der Waals surface area contributed by atoms with Crippen LogP contribution in [0, 0.1) is 0 Å². The zero-order valence-corrected chi connectivity index (χ0v) is 12.7. The Balaban J connectivity index is 0.00000154. The van der Waals surface area contributed by atoms with Crippen molar-refractivity contribution in [2.45, 2.75) is 40.2 Å². The highest BCUT2D eigenvalue weighted by Gasteiger charge is 2.15. The Labute approximate surface area is 117 Å². The molecular weight excluding hydrogens is 234 g/mol. The molecule has 0 fully saturated rings. The van der Waals surface area contributed by atoms with Crippen molar-refractivity contribution in [2.75, 3.05) is 0 Å². The second-order valence-corrected chi connectivity index (χ2v) is 4.50. The maximum absolute atomic E-state index is 9.87. The molecule has 0 bridgehead atoms. The summed E-state index contributed by atoms with van der Waals surface area (Å²) in [7, 11) is 0. The summed E-state index contributed by atoms with van der Waals surface area (Å²) < 4.78 is 0. The summed E-state index contributed by atoms with van der Waals surface area (Å²) in [6.45, 7) is 16.7. The summed E-state index contributed by atoms with van der Waals surface area (Å²) in [6, 6.07) is 7.74. The van der Waals surface area contributed by atoms with Gasteiger partial charge in [-0.15, -0.1) is 0 Å². The first-order valence-corrected chi connectivity index (χ1v) is 6.53. The van der Waals surface area contributed by atoms with Crippen LogP contribution in [0.15, 0.2) is 47.6 Å². The van der Waals surface area contributed by atoms with Gasteiger partial charge in [-0.1, -0.05) is 50.8 Å². The van der Waals surface area contributed by atoms with Gasteiger partial charge >= 0.3 is 0 Å². The van der Waals surface area contributed by atoms with Crippen molar-refractivity contribution in [1.82, 2.24) is 0 Å². The van der Waals surface area contributed by atoms with Gasteiger partial charge in [0, 0.05) is 11.3 Å². The van der Waals surface area contributed by atoms with E-state index >= 15 is 0 Å². The van der Waals surface area contributed by atoms with Gasteiger partial charge in [-0.2, -0.15) is 0 Å². The van der Waals surface area contributed by atoms with E-state index in [2.05, 4.69) is 18.3 Å². The SMILES string of the molecule is C=C/C(=C(\C)N=C)c1ccc(C(C)(C)O)cc1.CC. The van der Waals surface area contributed by atoms with E-state index in [9.17, 15) is 5.11 Å². The number of nitrogens with zero attached hydrogens (tertiary/aromatic N) is 1. The Morgan fingerprint density at radius 1 is 1.21 bits per heavy atom. The van der Waals surface area contributed by atoms with Crippen molar-refractivity contribution in [1.29, 1.82) is 0 Å². The van der Waals surface area contributed by atoms with Gasteiger partial charge in [-0.3, -0.25) is 4.99 Å². The molecular formula is C17H25NO. The van der Waals surface area contributed by atoms with Crippen LogP contribution in [0.3, 0.4) is 0 Å². The molecule has 0 aromatic heterocycles. The van der Waals surface area contributed by atoms with E-state index < -0.39 is 5.60 Å². The lowest BCUT2D eigenvalue weighted by Gasteiger charge is -2.18. The molecule has 0 saturated carbocycles. The molecule has 0 unspecified atom stereocenters. The Morgan fingerprint density at radius 3 is 2.00 bits per heavy atom. The lowest BCUT2D eigenvalue weighted by atomic mass is 9.95. The first kappa shape index (κ1) is 17.3. The van der Waals surface area contributed by atoms with Gasteiger partial charge < -0.3 is 5.11 Å². The van der Waals surface area contributed by atoms with Gasteiger partial charge in [0.25, 0.3) is 0 Å². The molecule has 0 aliphatic rings. The van der Waals surface area contributed by atoms with Gasteiger partial charge in [-0.05, 0) is 38.6 Å². The summed E-state index contributed by atoms with van der Waals surface area (Å²) >= 11 is 0. The minimum absolute atomic E-state index is 0.817. The Hall–Kier alpha value is -1.67. The highest BCUT2D eigenvalue weighted by Crippen LogP contribution is 2.24. The third-order valence-electron chi connectivity index (χ3n) is 2.73. The summed E-state index contributed by atoms with van der Waals surface area (Å²) in [5, 5.41) is 9.87. The second-order valence-electron chi connectivity index (χ2n) is 4.50. The van der Waals surface area contributed by atoms with Crippen molar-refractivity contribution in [3.8, 4) is 0 Å². The highest BCUT2D eigenvalue weighted by atomic mass is 16.3. The maximum Gasteiger partial charge on any atom is 0.0840 e. The van der Waals surface area contributed by atoms with Crippen LogP contribution in [0.1, 0.15) is 45.7 Å². The van der Waals surface area contributed by atoms with Crippen LogP contribution < -0.4 is 0 Å². The third-order valence-corrected chi connectivity index (χ3v) is 2.73. The molecule has 1 aromatic carbocycles. The molecule has 0 spiro atoms. The molecule has 0 atom stereocenters. The minimum Gasteiger partial charge on any atom is -0.386 e. The predicted molar refractivity (Wildman–Crippen MR) is 85.4 cm³/mol. The topological polar surface area (TPSA) is 32.6 Å². The van der Waals surface area contributed by atoms with Crippen molar-refractivity contribution >= 4 is 12.3 Å². The quantitative estimate of drug-likeness (QED) is 0.624. The fraction of sp³-hybridized carbons (Fsp3) is 0.353. The summed E-state index contributed by atoms with van der Waals surface area (Å²) in [4.78, 5) is 3.92. The minimum atomic E-state index is -0.817. The molecule has 2 nitrogen and oxygen atoms in total. The standard InChI is InChI=1S/C15H19NO.C2H6/c1-6-14(11(2)16-5)12-7-9-13(10-8-12)15(3,4)17;1-2/h6-10,17H,1,5H2,2-4H3;1-2H3/b14-11-;. The van der Waals surface area contributed by atoms with Crippen molar-refractivity contribution < 1.29 is 5.11 Å². The van der Waals surface area contributed by atoms with Crippen LogP contribution in [-0.4, -0.2) is 11.8 Å². The molecule has 0 heterocycles. The Kier molecular flexibility index (Phi) is 7.02. The fourth-order valence-electron chi connectivity index (χ4n) is 1.62. The van der Waals surface area contributed by atoms with E-state index in [4.69, 9.17) is 0 Å². The molecule has 1 aromatic rings. The molecule has 1 N–H and O–H groups in total. The average Bonchev–Trinajstić information content (AvgIpc) is 2.41. The molecule has 104 valence electrons. The van der Waals surface area contributed by atoms with E-state index in [0.29, 0.717) is 0 Å². The molecule has 0 aliphatic carbocycles. The maximum atomic E-state index is 9.87. The van der Waals surface area contributed by atoms with E-state index in [1.807, 2.05) is 45.0 Å². The van der Waals surface area contributed by atoms with Gasteiger partial charge in [0.05, 0.1) is 5.60 Å². The van der Waals surface area contributed by atoms with Crippen LogP contribution in [0.5, 0.6) is 0 Å². The normalized spacial score (nSPS) is 11.9. The lowest BCUT2D eigenvalue weighted by molar-refractivity contribution is 0.0786. The molecule has 19 heavy (non-hydrogen) atoms. The zero-order valence-electron chi connectivity index (χ0n) is 12.7. The number of aliphatic hydroxyl groups is 1. The van der Waals surface area contributed by atoms with Crippen molar-refractivity contribution in [2.24, 2.45) is 4.99 Å². The number of hydrogen-bond acceptors (Lipinski definition) is 2. The van der Waals surface area contributed by atoms with Crippen molar-refractivity contribution in [3.05, 3.63) is 53.7 Å². The van der Waals surface area contributed by atoms with Crippen LogP contribution in [-0.2, 0) is 5.60 Å². The first-order chi connectivity index (χ1) is 8.90. The average molecular weight is 259 g/mol. The molecule has 0 saturated heterocycles. The Bertz CT molecular complexity index is 447. The molecule has 2 heteroatoms. The number of allylic oxidation sites excluding steroid dienone is 3. The molecule has 0 amide bonds. The number of hydrogen-bond donors (Lipinski definition) is 1. The Morgan fingerprint density at radius 2 is 1.68 bits per heavy atom. The summed E-state index contributed by atoms with van der Waals surface area (Å²) in [5.74, 6) is 0.